The Morgan fingerprint density at radius 2 is 1.82 bits per heavy atom. The second-order valence-electron chi connectivity index (χ2n) is 7.17. The summed E-state index contributed by atoms with van der Waals surface area (Å²) in [7, 11) is 0. The maximum absolute atomic E-state index is 13.0. The zero-order valence-corrected chi connectivity index (χ0v) is 16.1. The third kappa shape index (κ3) is 3.26. The molecule has 0 aliphatic carbocycles. The number of ether oxygens (including phenoxy) is 1. The molecule has 0 bridgehead atoms. The van der Waals surface area contributed by atoms with Crippen LogP contribution in [0.25, 0.3) is 10.8 Å². The number of carbonyl (C=O) groups excluding carboxylic acids is 2. The van der Waals surface area contributed by atoms with Gasteiger partial charge in [-0.3, -0.25) is 9.59 Å². The van der Waals surface area contributed by atoms with Crippen LogP contribution >= 0.6 is 0 Å². The van der Waals surface area contributed by atoms with E-state index in [0.717, 1.165) is 27.6 Å². The van der Waals surface area contributed by atoms with Crippen molar-refractivity contribution in [2.24, 2.45) is 0 Å². The van der Waals surface area contributed by atoms with Crippen LogP contribution in [0.4, 0.5) is 5.69 Å². The highest BCUT2D eigenvalue weighted by Crippen LogP contribution is 2.43. The molecule has 1 heterocycles. The Hall–Kier alpha value is -3.14. The summed E-state index contributed by atoms with van der Waals surface area (Å²) in [4.78, 5) is 26.7. The van der Waals surface area contributed by atoms with Gasteiger partial charge in [-0.25, -0.2) is 0 Å². The highest BCUT2D eigenvalue weighted by molar-refractivity contribution is 6.05. The Kier molecular flexibility index (Phi) is 4.86. The lowest BCUT2D eigenvalue weighted by Crippen LogP contribution is -2.41. The number of aryl methyl sites for hydroxylation is 1. The van der Waals surface area contributed by atoms with Crippen molar-refractivity contribution in [3.05, 3.63) is 77.4 Å². The number of nitrogens with zero attached hydrogens (tertiary/aromatic N) is 1. The van der Waals surface area contributed by atoms with Gasteiger partial charge in [-0.15, -0.1) is 0 Å². The van der Waals surface area contributed by atoms with Gasteiger partial charge in [0.15, 0.2) is 0 Å². The highest BCUT2D eigenvalue weighted by atomic mass is 16.5. The molecule has 3 aromatic rings. The highest BCUT2D eigenvalue weighted by Gasteiger charge is 2.34. The van der Waals surface area contributed by atoms with E-state index < -0.39 is 0 Å². The molecule has 0 spiro atoms. The smallest absolute Gasteiger partial charge is 0.326 e. The molecule has 142 valence electrons. The fraction of sp³-hybridized carbons (Fsp3) is 0.250. The predicted molar refractivity (Wildman–Crippen MR) is 111 cm³/mol. The molecule has 1 unspecified atom stereocenters. The van der Waals surface area contributed by atoms with E-state index in [9.17, 15) is 9.59 Å². The first-order chi connectivity index (χ1) is 13.6. The van der Waals surface area contributed by atoms with Gasteiger partial charge in [0.05, 0.1) is 6.61 Å². The third-order valence-corrected chi connectivity index (χ3v) is 5.34. The van der Waals surface area contributed by atoms with Gasteiger partial charge in [-0.05, 0) is 41.8 Å². The van der Waals surface area contributed by atoms with Crippen molar-refractivity contribution in [1.82, 2.24) is 0 Å². The zero-order valence-electron chi connectivity index (χ0n) is 16.1. The van der Waals surface area contributed by atoms with Crippen LogP contribution in [0, 0.1) is 6.92 Å². The average molecular weight is 373 g/mol. The number of fused-ring (bicyclic) bond motifs is 3. The molecular formula is C24H23NO3. The van der Waals surface area contributed by atoms with Gasteiger partial charge >= 0.3 is 5.97 Å². The summed E-state index contributed by atoms with van der Waals surface area (Å²) >= 11 is 0. The first-order valence-electron chi connectivity index (χ1n) is 9.62. The van der Waals surface area contributed by atoms with E-state index in [0.29, 0.717) is 13.0 Å². The molecule has 3 aromatic carbocycles. The Morgan fingerprint density at radius 3 is 2.57 bits per heavy atom. The predicted octanol–water partition coefficient (Wildman–Crippen LogP) is 4.58. The summed E-state index contributed by atoms with van der Waals surface area (Å²) in [5.74, 6) is -0.474. The quantitative estimate of drug-likeness (QED) is 0.629. The lowest BCUT2D eigenvalue weighted by molar-refractivity contribution is -0.142. The minimum atomic E-state index is -0.385. The first kappa shape index (κ1) is 18.2. The summed E-state index contributed by atoms with van der Waals surface area (Å²) in [5, 5.41) is 2.25. The zero-order chi connectivity index (χ0) is 19.7. The Morgan fingerprint density at radius 1 is 1.07 bits per heavy atom. The molecule has 4 heteroatoms. The van der Waals surface area contributed by atoms with Crippen LogP contribution in [-0.2, 0) is 14.3 Å². The topological polar surface area (TPSA) is 46.6 Å². The number of hydrogen-bond donors (Lipinski definition) is 0. The fourth-order valence-electron chi connectivity index (χ4n) is 4.00. The SMILES string of the molecule is CCOC(=O)CN1C(=O)CC(c2ccc(C)cc2)c2c1ccc1ccccc21. The Labute approximate surface area is 164 Å². The van der Waals surface area contributed by atoms with Crippen LogP contribution < -0.4 is 4.90 Å². The normalized spacial score (nSPS) is 16.1. The van der Waals surface area contributed by atoms with Crippen LogP contribution in [0.15, 0.2) is 60.7 Å². The van der Waals surface area contributed by atoms with E-state index in [1.54, 1.807) is 11.8 Å². The fourth-order valence-corrected chi connectivity index (χ4v) is 4.00. The van der Waals surface area contributed by atoms with E-state index >= 15 is 0 Å². The molecule has 0 aromatic heterocycles. The van der Waals surface area contributed by atoms with Crippen molar-refractivity contribution >= 4 is 28.3 Å². The second-order valence-corrected chi connectivity index (χ2v) is 7.17. The molecule has 1 aliphatic heterocycles. The minimum Gasteiger partial charge on any atom is -0.465 e. The molecule has 0 saturated heterocycles. The van der Waals surface area contributed by atoms with Gasteiger partial charge in [-0.1, -0.05) is 60.2 Å². The molecule has 1 amide bonds. The molecule has 4 rings (SSSR count). The maximum Gasteiger partial charge on any atom is 0.326 e. The number of amides is 1. The monoisotopic (exact) mass is 373 g/mol. The summed E-state index contributed by atoms with van der Waals surface area (Å²) in [6.07, 6.45) is 0.337. The van der Waals surface area contributed by atoms with E-state index in [4.69, 9.17) is 4.74 Å². The molecule has 0 N–H and O–H groups in total. The van der Waals surface area contributed by atoms with Gasteiger partial charge in [0.2, 0.25) is 5.91 Å². The lowest BCUT2D eigenvalue weighted by atomic mass is 9.81. The minimum absolute atomic E-state index is 0.0346. The third-order valence-electron chi connectivity index (χ3n) is 5.34. The standard InChI is InChI=1S/C24H23NO3/c1-3-28-23(27)15-25-21-13-12-17-6-4-5-7-19(17)24(21)20(14-22(25)26)18-10-8-16(2)9-11-18/h4-13,20H,3,14-15H2,1-2H3. The largest absolute Gasteiger partial charge is 0.465 e. The number of carbonyl (C=O) groups is 2. The molecular weight excluding hydrogens is 350 g/mol. The molecule has 0 saturated carbocycles. The number of anilines is 1. The first-order valence-corrected chi connectivity index (χ1v) is 9.62. The Bertz CT molecular complexity index is 1040. The second kappa shape index (κ2) is 7.47. The van der Waals surface area contributed by atoms with Gasteiger partial charge in [0, 0.05) is 18.0 Å². The van der Waals surface area contributed by atoms with E-state index in [2.05, 4.69) is 43.3 Å². The van der Waals surface area contributed by atoms with Gasteiger partial charge in [0.25, 0.3) is 0 Å². The van der Waals surface area contributed by atoms with Crippen molar-refractivity contribution < 1.29 is 14.3 Å². The van der Waals surface area contributed by atoms with Crippen LogP contribution in [0.3, 0.4) is 0 Å². The molecule has 4 nitrogen and oxygen atoms in total. The van der Waals surface area contributed by atoms with Crippen LogP contribution in [0.2, 0.25) is 0 Å². The van der Waals surface area contributed by atoms with Crippen molar-refractivity contribution in [3.8, 4) is 0 Å². The van der Waals surface area contributed by atoms with Crippen molar-refractivity contribution in [2.75, 3.05) is 18.1 Å². The summed E-state index contributed by atoms with van der Waals surface area (Å²) in [5.41, 5.74) is 4.21. The van der Waals surface area contributed by atoms with Crippen LogP contribution in [0.5, 0.6) is 0 Å². The number of hydrogen-bond acceptors (Lipinski definition) is 3. The van der Waals surface area contributed by atoms with E-state index in [1.807, 2.05) is 24.3 Å². The Balaban J connectivity index is 1.88. The molecule has 0 radical (unpaired) electrons. The van der Waals surface area contributed by atoms with Crippen LogP contribution in [0.1, 0.15) is 36.0 Å². The average Bonchev–Trinajstić information content (AvgIpc) is 2.70. The number of rotatable bonds is 4. The number of esters is 1. The lowest BCUT2D eigenvalue weighted by Gasteiger charge is -2.34. The molecule has 28 heavy (non-hydrogen) atoms. The summed E-state index contributed by atoms with van der Waals surface area (Å²) in [6.45, 7) is 4.07. The van der Waals surface area contributed by atoms with Crippen molar-refractivity contribution in [1.29, 1.82) is 0 Å². The van der Waals surface area contributed by atoms with E-state index in [-0.39, 0.29) is 24.3 Å². The van der Waals surface area contributed by atoms with Crippen LogP contribution in [-0.4, -0.2) is 25.0 Å². The number of benzene rings is 3. The van der Waals surface area contributed by atoms with Gasteiger partial charge in [-0.2, -0.15) is 0 Å². The summed E-state index contributed by atoms with van der Waals surface area (Å²) < 4.78 is 5.09. The molecule has 1 aliphatic rings. The van der Waals surface area contributed by atoms with Crippen molar-refractivity contribution in [3.63, 3.8) is 0 Å². The van der Waals surface area contributed by atoms with E-state index in [1.165, 1.54) is 5.56 Å². The van der Waals surface area contributed by atoms with Crippen molar-refractivity contribution in [2.45, 2.75) is 26.2 Å². The van der Waals surface area contributed by atoms with Gasteiger partial charge in [0.1, 0.15) is 6.54 Å². The maximum atomic E-state index is 13.0. The van der Waals surface area contributed by atoms with Gasteiger partial charge < -0.3 is 9.64 Å². The molecule has 1 atom stereocenters. The summed E-state index contributed by atoms with van der Waals surface area (Å²) in [6, 6.07) is 20.5. The molecule has 0 fully saturated rings.